The lowest BCUT2D eigenvalue weighted by atomic mass is 10.1. The number of anilines is 1. The second kappa shape index (κ2) is 6.17. The number of nitrogens with two attached hydrogens (primary N) is 1. The van der Waals surface area contributed by atoms with Gasteiger partial charge in [0.05, 0.1) is 11.5 Å². The number of rotatable bonds is 4. The summed E-state index contributed by atoms with van der Waals surface area (Å²) in [6.07, 6.45) is 2.65. The molecule has 1 aliphatic heterocycles. The lowest BCUT2D eigenvalue weighted by Crippen LogP contribution is -2.36. The summed E-state index contributed by atoms with van der Waals surface area (Å²) in [5.74, 6) is 0. The van der Waals surface area contributed by atoms with Crippen molar-refractivity contribution in [3.8, 4) is 0 Å². The number of ether oxygens (including phenoxy) is 1. The third kappa shape index (κ3) is 3.28. The van der Waals surface area contributed by atoms with Crippen molar-refractivity contribution in [1.29, 1.82) is 0 Å². The minimum absolute atomic E-state index is 0.375. The quantitative estimate of drug-likeness (QED) is 0.680. The first-order valence-electron chi connectivity index (χ1n) is 6.90. The Kier molecular flexibility index (Phi) is 4.70. The summed E-state index contributed by atoms with van der Waals surface area (Å²) in [7, 11) is -1.84. The number of aryl methyl sites for hydroxylation is 2. The summed E-state index contributed by atoms with van der Waals surface area (Å²) in [5, 5.41) is 0. The maximum absolute atomic E-state index is 12.8. The number of hydrogen-bond acceptors (Lipinski definition) is 4. The molecule has 0 spiro atoms. The van der Waals surface area contributed by atoms with Crippen LogP contribution in [0, 0.1) is 13.8 Å². The van der Waals surface area contributed by atoms with Crippen LogP contribution in [0.15, 0.2) is 28.7 Å². The van der Waals surface area contributed by atoms with Gasteiger partial charge in [0, 0.05) is 25.9 Å². The Labute approximate surface area is 126 Å². The van der Waals surface area contributed by atoms with Crippen molar-refractivity contribution in [2.45, 2.75) is 25.2 Å². The van der Waals surface area contributed by atoms with E-state index in [0.717, 1.165) is 5.57 Å². The molecule has 0 amide bonds. The summed E-state index contributed by atoms with van der Waals surface area (Å²) >= 11 is 0. The summed E-state index contributed by atoms with van der Waals surface area (Å²) in [6, 6.07) is 3.41. The molecule has 6 heteroatoms. The van der Waals surface area contributed by atoms with Crippen LogP contribution in [-0.4, -0.2) is 39.5 Å². The molecular weight excluding hydrogens is 288 g/mol. The summed E-state index contributed by atoms with van der Waals surface area (Å²) in [6.45, 7) is 5.01. The molecule has 0 unspecified atom stereocenters. The SMILES string of the molecule is COCC1=CCN(S(=O)(=O)c2c(C)cc(N)cc2C)CC1. The van der Waals surface area contributed by atoms with Crippen molar-refractivity contribution in [3.63, 3.8) is 0 Å². The van der Waals surface area contributed by atoms with E-state index in [2.05, 4.69) is 0 Å². The van der Waals surface area contributed by atoms with E-state index in [-0.39, 0.29) is 0 Å². The van der Waals surface area contributed by atoms with Gasteiger partial charge in [-0.25, -0.2) is 8.42 Å². The van der Waals surface area contributed by atoms with Gasteiger partial charge in [0.25, 0.3) is 0 Å². The fourth-order valence-corrected chi connectivity index (χ4v) is 4.54. The van der Waals surface area contributed by atoms with Gasteiger partial charge in [-0.2, -0.15) is 4.31 Å². The van der Waals surface area contributed by atoms with Crippen molar-refractivity contribution in [1.82, 2.24) is 4.31 Å². The zero-order chi connectivity index (χ0) is 15.6. The van der Waals surface area contributed by atoms with E-state index < -0.39 is 10.0 Å². The monoisotopic (exact) mass is 310 g/mol. The van der Waals surface area contributed by atoms with E-state index in [1.54, 1.807) is 33.1 Å². The summed E-state index contributed by atoms with van der Waals surface area (Å²) in [4.78, 5) is 0.375. The van der Waals surface area contributed by atoms with Crippen LogP contribution in [-0.2, 0) is 14.8 Å². The lowest BCUT2D eigenvalue weighted by molar-refractivity contribution is 0.219. The minimum atomic E-state index is -3.49. The molecule has 116 valence electrons. The first-order valence-corrected chi connectivity index (χ1v) is 8.34. The molecule has 1 aromatic carbocycles. The van der Waals surface area contributed by atoms with E-state index in [1.165, 1.54) is 4.31 Å². The standard InChI is InChI=1S/C15H22N2O3S/c1-11-8-14(16)9-12(2)15(11)21(18,19)17-6-4-13(5-7-17)10-20-3/h4,8-9H,5-7,10,16H2,1-3H3. The van der Waals surface area contributed by atoms with E-state index in [4.69, 9.17) is 10.5 Å². The van der Waals surface area contributed by atoms with Gasteiger partial charge in [-0.3, -0.25) is 0 Å². The van der Waals surface area contributed by atoms with Crippen LogP contribution in [0.5, 0.6) is 0 Å². The molecule has 1 aromatic rings. The average molecular weight is 310 g/mol. The molecule has 0 saturated heterocycles. The highest BCUT2D eigenvalue weighted by molar-refractivity contribution is 7.89. The second-order valence-electron chi connectivity index (χ2n) is 5.39. The van der Waals surface area contributed by atoms with Crippen molar-refractivity contribution < 1.29 is 13.2 Å². The van der Waals surface area contributed by atoms with Crippen molar-refractivity contribution in [2.75, 3.05) is 32.5 Å². The molecule has 2 N–H and O–H groups in total. The Morgan fingerprint density at radius 1 is 1.29 bits per heavy atom. The molecule has 0 radical (unpaired) electrons. The normalized spacial score (nSPS) is 16.8. The van der Waals surface area contributed by atoms with Crippen LogP contribution in [0.3, 0.4) is 0 Å². The van der Waals surface area contributed by atoms with Gasteiger partial charge in [0.2, 0.25) is 10.0 Å². The topological polar surface area (TPSA) is 72.6 Å². The maximum Gasteiger partial charge on any atom is 0.243 e. The molecule has 0 bridgehead atoms. The van der Waals surface area contributed by atoms with Crippen LogP contribution in [0.2, 0.25) is 0 Å². The second-order valence-corrected chi connectivity index (χ2v) is 7.27. The Morgan fingerprint density at radius 2 is 1.90 bits per heavy atom. The van der Waals surface area contributed by atoms with Gasteiger partial charge in [-0.15, -0.1) is 0 Å². The molecule has 21 heavy (non-hydrogen) atoms. The molecule has 1 heterocycles. The van der Waals surface area contributed by atoms with Crippen LogP contribution in [0.25, 0.3) is 0 Å². The number of benzene rings is 1. The van der Waals surface area contributed by atoms with E-state index >= 15 is 0 Å². The van der Waals surface area contributed by atoms with Crippen LogP contribution < -0.4 is 5.73 Å². The van der Waals surface area contributed by atoms with Crippen molar-refractivity contribution >= 4 is 15.7 Å². The maximum atomic E-state index is 12.8. The Bertz CT molecular complexity index is 642. The number of methoxy groups -OCH3 is 1. The van der Waals surface area contributed by atoms with Crippen LogP contribution >= 0.6 is 0 Å². The van der Waals surface area contributed by atoms with E-state index in [9.17, 15) is 8.42 Å². The number of nitrogens with zero attached hydrogens (tertiary/aromatic N) is 1. The Balaban J connectivity index is 2.32. The number of sulfonamides is 1. The van der Waals surface area contributed by atoms with Crippen molar-refractivity contribution in [3.05, 3.63) is 34.9 Å². The fourth-order valence-electron chi connectivity index (χ4n) is 2.75. The van der Waals surface area contributed by atoms with E-state index in [1.807, 2.05) is 6.08 Å². The third-order valence-corrected chi connectivity index (χ3v) is 5.85. The van der Waals surface area contributed by atoms with Gasteiger partial charge in [-0.1, -0.05) is 6.08 Å². The molecule has 0 atom stereocenters. The van der Waals surface area contributed by atoms with Gasteiger partial charge in [0.1, 0.15) is 0 Å². The molecule has 0 fully saturated rings. The molecule has 5 nitrogen and oxygen atoms in total. The van der Waals surface area contributed by atoms with Crippen LogP contribution in [0.4, 0.5) is 5.69 Å². The third-order valence-electron chi connectivity index (χ3n) is 3.68. The summed E-state index contributed by atoms with van der Waals surface area (Å²) in [5.41, 5.74) is 8.89. The highest BCUT2D eigenvalue weighted by Gasteiger charge is 2.29. The van der Waals surface area contributed by atoms with Gasteiger partial charge in [0.15, 0.2) is 0 Å². The minimum Gasteiger partial charge on any atom is -0.399 e. The molecule has 2 rings (SSSR count). The molecule has 0 saturated carbocycles. The predicted octanol–water partition coefficient (Wildman–Crippen LogP) is 1.85. The molecule has 0 aliphatic carbocycles. The first kappa shape index (κ1) is 16.0. The molecular formula is C15H22N2O3S. The average Bonchev–Trinajstić information content (AvgIpc) is 2.38. The van der Waals surface area contributed by atoms with Crippen LogP contribution in [0.1, 0.15) is 17.5 Å². The lowest BCUT2D eigenvalue weighted by Gasteiger charge is -2.27. The Morgan fingerprint density at radius 3 is 2.38 bits per heavy atom. The Hall–Kier alpha value is -1.37. The highest BCUT2D eigenvalue weighted by Crippen LogP contribution is 2.27. The number of nitrogen functional groups attached to an aromatic ring is 1. The molecule has 1 aliphatic rings. The largest absolute Gasteiger partial charge is 0.399 e. The van der Waals surface area contributed by atoms with E-state index in [0.29, 0.717) is 47.8 Å². The van der Waals surface area contributed by atoms with Gasteiger partial charge >= 0.3 is 0 Å². The smallest absolute Gasteiger partial charge is 0.243 e. The first-order chi connectivity index (χ1) is 9.86. The zero-order valence-electron chi connectivity index (χ0n) is 12.7. The highest BCUT2D eigenvalue weighted by atomic mass is 32.2. The van der Waals surface area contributed by atoms with Gasteiger partial charge in [-0.05, 0) is 49.1 Å². The predicted molar refractivity (Wildman–Crippen MR) is 83.7 cm³/mol. The molecule has 0 aromatic heterocycles. The number of hydrogen-bond donors (Lipinski definition) is 1. The fraction of sp³-hybridized carbons (Fsp3) is 0.467. The zero-order valence-corrected chi connectivity index (χ0v) is 13.5. The summed E-state index contributed by atoms with van der Waals surface area (Å²) < 4.78 is 32.3. The van der Waals surface area contributed by atoms with Crippen molar-refractivity contribution in [2.24, 2.45) is 0 Å². The van der Waals surface area contributed by atoms with Gasteiger partial charge < -0.3 is 10.5 Å².